The molecule has 0 aromatic heterocycles. The SMILES string of the molecule is CN1C=C[C@@H](O)[C@@H](O)C1=O. The van der Waals surface area contributed by atoms with E-state index in [0.29, 0.717) is 0 Å². The van der Waals surface area contributed by atoms with E-state index in [0.717, 1.165) is 0 Å². The number of aliphatic hydroxyl groups is 2. The summed E-state index contributed by atoms with van der Waals surface area (Å²) in [6.07, 6.45) is 0.449. The highest BCUT2D eigenvalue weighted by Crippen LogP contribution is 2.06. The van der Waals surface area contributed by atoms with Gasteiger partial charge in [-0.2, -0.15) is 0 Å². The average Bonchev–Trinajstić information content (AvgIpc) is 1.93. The zero-order valence-electron chi connectivity index (χ0n) is 5.56. The maximum absolute atomic E-state index is 10.8. The molecule has 0 aromatic rings. The monoisotopic (exact) mass is 143 g/mol. The standard InChI is InChI=1S/C6H9NO3/c1-7-3-2-4(8)5(9)6(7)10/h2-5,8-9H,1H3/t4-,5-/m1/s1. The molecule has 0 spiro atoms. The lowest BCUT2D eigenvalue weighted by Gasteiger charge is -2.23. The number of carbonyl (C=O) groups excluding carboxylic acids is 1. The summed E-state index contributed by atoms with van der Waals surface area (Å²) >= 11 is 0. The second-order valence-corrected chi connectivity index (χ2v) is 2.23. The highest BCUT2D eigenvalue weighted by molar-refractivity contribution is 5.83. The van der Waals surface area contributed by atoms with Gasteiger partial charge in [-0.25, -0.2) is 0 Å². The summed E-state index contributed by atoms with van der Waals surface area (Å²) in [5.74, 6) is -0.477. The zero-order chi connectivity index (χ0) is 7.72. The third-order valence-electron chi connectivity index (χ3n) is 1.43. The van der Waals surface area contributed by atoms with Gasteiger partial charge >= 0.3 is 0 Å². The predicted molar refractivity (Wildman–Crippen MR) is 33.9 cm³/mol. The van der Waals surface area contributed by atoms with Gasteiger partial charge in [0.15, 0.2) is 6.10 Å². The summed E-state index contributed by atoms with van der Waals surface area (Å²) in [6.45, 7) is 0. The first kappa shape index (κ1) is 7.24. The first-order valence-corrected chi connectivity index (χ1v) is 2.94. The molecule has 4 nitrogen and oxygen atoms in total. The van der Waals surface area contributed by atoms with Crippen LogP contribution in [0.1, 0.15) is 0 Å². The molecule has 0 bridgehead atoms. The van der Waals surface area contributed by atoms with E-state index in [1.807, 2.05) is 0 Å². The maximum Gasteiger partial charge on any atom is 0.258 e. The Bertz CT molecular complexity index is 178. The van der Waals surface area contributed by atoms with E-state index in [-0.39, 0.29) is 0 Å². The van der Waals surface area contributed by atoms with Crippen molar-refractivity contribution in [1.82, 2.24) is 4.90 Å². The van der Waals surface area contributed by atoms with Crippen molar-refractivity contribution in [2.24, 2.45) is 0 Å². The molecule has 56 valence electrons. The third-order valence-corrected chi connectivity index (χ3v) is 1.43. The topological polar surface area (TPSA) is 60.8 Å². The molecule has 1 aliphatic rings. The van der Waals surface area contributed by atoms with E-state index in [4.69, 9.17) is 10.2 Å². The second kappa shape index (κ2) is 2.40. The lowest BCUT2D eigenvalue weighted by Crippen LogP contribution is -2.43. The Balaban J connectivity index is 2.79. The second-order valence-electron chi connectivity index (χ2n) is 2.23. The number of rotatable bonds is 0. The minimum Gasteiger partial charge on any atom is -0.386 e. The smallest absolute Gasteiger partial charge is 0.258 e. The highest BCUT2D eigenvalue weighted by Gasteiger charge is 2.27. The molecule has 10 heavy (non-hydrogen) atoms. The van der Waals surface area contributed by atoms with Crippen molar-refractivity contribution in [3.05, 3.63) is 12.3 Å². The van der Waals surface area contributed by atoms with E-state index in [2.05, 4.69) is 0 Å². The minimum atomic E-state index is -1.30. The van der Waals surface area contributed by atoms with Crippen LogP contribution < -0.4 is 0 Å². The van der Waals surface area contributed by atoms with Gasteiger partial charge < -0.3 is 15.1 Å². The van der Waals surface area contributed by atoms with Crippen molar-refractivity contribution in [1.29, 1.82) is 0 Å². The first-order chi connectivity index (χ1) is 4.63. The highest BCUT2D eigenvalue weighted by atomic mass is 16.3. The van der Waals surface area contributed by atoms with Gasteiger partial charge in [-0.3, -0.25) is 4.79 Å². The molecule has 0 radical (unpaired) electrons. The number of nitrogens with zero attached hydrogens (tertiary/aromatic N) is 1. The molecular formula is C6H9NO3. The number of hydrogen-bond acceptors (Lipinski definition) is 3. The molecule has 1 aliphatic heterocycles. The van der Waals surface area contributed by atoms with Crippen LogP contribution in [0, 0.1) is 0 Å². The predicted octanol–water partition coefficient (Wildman–Crippen LogP) is -1.31. The molecule has 4 heteroatoms. The molecule has 2 atom stereocenters. The molecule has 0 aromatic carbocycles. The van der Waals surface area contributed by atoms with Gasteiger partial charge in [0.25, 0.3) is 5.91 Å². The Kier molecular flexibility index (Phi) is 1.74. The van der Waals surface area contributed by atoms with E-state index >= 15 is 0 Å². The van der Waals surface area contributed by atoms with Crippen molar-refractivity contribution >= 4 is 5.91 Å². The van der Waals surface area contributed by atoms with Crippen molar-refractivity contribution < 1.29 is 15.0 Å². The Morgan fingerprint density at radius 2 is 2.20 bits per heavy atom. The molecule has 0 fully saturated rings. The summed E-state index contributed by atoms with van der Waals surface area (Å²) < 4.78 is 0. The van der Waals surface area contributed by atoms with Gasteiger partial charge in [0, 0.05) is 13.2 Å². The van der Waals surface area contributed by atoms with Crippen LogP contribution in [0.5, 0.6) is 0 Å². The van der Waals surface area contributed by atoms with Gasteiger partial charge in [0.1, 0.15) is 6.10 Å². The van der Waals surface area contributed by atoms with Crippen LogP contribution in [0.4, 0.5) is 0 Å². The zero-order valence-corrected chi connectivity index (χ0v) is 5.56. The van der Waals surface area contributed by atoms with Crippen molar-refractivity contribution in [2.75, 3.05) is 7.05 Å². The average molecular weight is 143 g/mol. The fraction of sp³-hybridized carbons (Fsp3) is 0.500. The molecule has 1 heterocycles. The Morgan fingerprint density at radius 1 is 1.60 bits per heavy atom. The summed E-state index contributed by atoms with van der Waals surface area (Å²) in [5, 5.41) is 17.8. The Hall–Kier alpha value is -0.870. The largest absolute Gasteiger partial charge is 0.386 e. The third kappa shape index (κ3) is 1.03. The van der Waals surface area contributed by atoms with Crippen LogP contribution in [0.25, 0.3) is 0 Å². The summed E-state index contributed by atoms with van der Waals surface area (Å²) in [7, 11) is 1.52. The Labute approximate surface area is 58.4 Å². The van der Waals surface area contributed by atoms with Crippen molar-refractivity contribution in [2.45, 2.75) is 12.2 Å². The van der Waals surface area contributed by atoms with Gasteiger partial charge in [-0.15, -0.1) is 0 Å². The van der Waals surface area contributed by atoms with Crippen LogP contribution >= 0.6 is 0 Å². The fourth-order valence-corrected chi connectivity index (χ4v) is 0.751. The van der Waals surface area contributed by atoms with Gasteiger partial charge in [-0.05, 0) is 6.08 Å². The van der Waals surface area contributed by atoms with Gasteiger partial charge in [0.05, 0.1) is 0 Å². The summed E-state index contributed by atoms with van der Waals surface area (Å²) in [5.41, 5.74) is 0. The number of carbonyl (C=O) groups is 1. The maximum atomic E-state index is 10.8. The molecule has 0 unspecified atom stereocenters. The molecule has 2 N–H and O–H groups in total. The molecule has 1 amide bonds. The summed E-state index contributed by atoms with van der Waals surface area (Å²) in [4.78, 5) is 12.0. The van der Waals surface area contributed by atoms with Crippen LogP contribution in [0.15, 0.2) is 12.3 Å². The minimum absolute atomic E-state index is 0.477. The molecule has 1 rings (SSSR count). The van der Waals surface area contributed by atoms with Crippen LogP contribution in [0.3, 0.4) is 0 Å². The fourth-order valence-electron chi connectivity index (χ4n) is 0.751. The lowest BCUT2D eigenvalue weighted by atomic mass is 10.1. The quantitative estimate of drug-likeness (QED) is 0.443. The Morgan fingerprint density at radius 3 is 2.70 bits per heavy atom. The molecule has 0 saturated heterocycles. The summed E-state index contributed by atoms with van der Waals surface area (Å²) in [6, 6.07) is 0. The molecule has 0 saturated carbocycles. The van der Waals surface area contributed by atoms with Gasteiger partial charge in [-0.1, -0.05) is 0 Å². The van der Waals surface area contributed by atoms with Crippen LogP contribution in [-0.2, 0) is 4.79 Å². The lowest BCUT2D eigenvalue weighted by molar-refractivity contribution is -0.142. The number of likely N-dealkylation sites (N-methyl/N-ethyl adjacent to an activating group) is 1. The van der Waals surface area contributed by atoms with E-state index in [1.165, 1.54) is 24.2 Å². The van der Waals surface area contributed by atoms with Gasteiger partial charge in [0.2, 0.25) is 0 Å². The normalized spacial score (nSPS) is 33.1. The van der Waals surface area contributed by atoms with E-state index in [1.54, 1.807) is 0 Å². The van der Waals surface area contributed by atoms with Crippen molar-refractivity contribution in [3.63, 3.8) is 0 Å². The number of aliphatic hydroxyl groups excluding tert-OH is 2. The first-order valence-electron chi connectivity index (χ1n) is 2.94. The van der Waals surface area contributed by atoms with E-state index < -0.39 is 18.1 Å². The van der Waals surface area contributed by atoms with Crippen molar-refractivity contribution in [3.8, 4) is 0 Å². The van der Waals surface area contributed by atoms with E-state index in [9.17, 15) is 4.79 Å². The number of hydrogen-bond donors (Lipinski definition) is 2. The van der Waals surface area contributed by atoms with Crippen LogP contribution in [0.2, 0.25) is 0 Å². The van der Waals surface area contributed by atoms with Crippen LogP contribution in [-0.4, -0.2) is 40.3 Å². The number of amides is 1. The molecule has 0 aliphatic carbocycles. The molecular weight excluding hydrogens is 134 g/mol.